The number of rotatable bonds is 5. The van der Waals surface area contributed by atoms with Crippen LogP contribution in [0, 0.1) is 4.77 Å². The van der Waals surface area contributed by atoms with Crippen LogP contribution in [0.15, 0.2) is 70.2 Å². The Bertz CT molecular complexity index is 1240. The Labute approximate surface area is 164 Å². The lowest BCUT2D eigenvalue weighted by molar-refractivity contribution is 0.0950. The lowest BCUT2D eigenvalue weighted by atomic mass is 10.1. The molecule has 0 saturated heterocycles. The molecule has 140 valence electrons. The minimum atomic E-state index is -0.258. The summed E-state index contributed by atoms with van der Waals surface area (Å²) >= 11 is 5.32. The SMILES string of the molecule is O=C(NCc1ccccn1)c1ccc2c(=O)n(Cc3ccco3)c(=S)[nH]c2c1. The van der Waals surface area contributed by atoms with Crippen LogP contribution < -0.4 is 10.9 Å². The maximum Gasteiger partial charge on any atom is 0.262 e. The van der Waals surface area contributed by atoms with E-state index < -0.39 is 0 Å². The molecule has 0 radical (unpaired) electrons. The number of carbonyl (C=O) groups excluding carboxylic acids is 1. The molecule has 3 heterocycles. The molecule has 4 aromatic rings. The summed E-state index contributed by atoms with van der Waals surface area (Å²) in [4.78, 5) is 32.4. The Morgan fingerprint density at radius 2 is 2.11 bits per heavy atom. The molecule has 1 amide bonds. The van der Waals surface area contributed by atoms with Gasteiger partial charge in [-0.05, 0) is 54.7 Å². The molecule has 1 aromatic carbocycles. The van der Waals surface area contributed by atoms with Gasteiger partial charge in [0, 0.05) is 11.8 Å². The number of H-pyrrole nitrogens is 1. The number of aromatic nitrogens is 3. The fourth-order valence-corrected chi connectivity index (χ4v) is 3.13. The number of aromatic amines is 1. The summed E-state index contributed by atoms with van der Waals surface area (Å²) in [7, 11) is 0. The largest absolute Gasteiger partial charge is 0.467 e. The van der Waals surface area contributed by atoms with E-state index in [1.165, 1.54) is 4.57 Å². The van der Waals surface area contributed by atoms with Gasteiger partial charge in [0.05, 0.1) is 35.9 Å². The zero-order valence-electron chi connectivity index (χ0n) is 14.7. The molecule has 0 spiro atoms. The Morgan fingerprint density at radius 3 is 2.86 bits per heavy atom. The average Bonchev–Trinajstić information content (AvgIpc) is 3.23. The predicted octanol–water partition coefficient (Wildman–Crippen LogP) is 3.03. The quantitative estimate of drug-likeness (QED) is 0.509. The van der Waals surface area contributed by atoms with Crippen molar-refractivity contribution in [1.29, 1.82) is 0 Å². The normalized spacial score (nSPS) is 10.9. The van der Waals surface area contributed by atoms with Gasteiger partial charge in [-0.3, -0.25) is 19.1 Å². The second-order valence-corrected chi connectivity index (χ2v) is 6.55. The number of furan rings is 1. The molecule has 0 aliphatic rings. The van der Waals surface area contributed by atoms with Crippen molar-refractivity contribution in [2.24, 2.45) is 0 Å². The standard InChI is InChI=1S/C20H16N4O3S/c25-18(22-11-14-4-1-2-8-21-14)13-6-7-16-17(10-13)23-20(28)24(19(16)26)12-15-5-3-9-27-15/h1-10H,11-12H2,(H,22,25)(H,23,28). The van der Waals surface area contributed by atoms with E-state index in [2.05, 4.69) is 15.3 Å². The van der Waals surface area contributed by atoms with E-state index in [0.29, 0.717) is 28.8 Å². The molecule has 28 heavy (non-hydrogen) atoms. The first-order chi connectivity index (χ1) is 13.6. The summed E-state index contributed by atoms with van der Waals surface area (Å²) in [5, 5.41) is 3.26. The van der Waals surface area contributed by atoms with Crippen LogP contribution in [0.3, 0.4) is 0 Å². The molecule has 0 fully saturated rings. The van der Waals surface area contributed by atoms with Crippen LogP contribution in [0.25, 0.3) is 10.9 Å². The molecule has 7 nitrogen and oxygen atoms in total. The van der Waals surface area contributed by atoms with Gasteiger partial charge in [0.15, 0.2) is 4.77 Å². The van der Waals surface area contributed by atoms with E-state index in [4.69, 9.17) is 16.6 Å². The highest BCUT2D eigenvalue weighted by atomic mass is 32.1. The number of hydrogen-bond donors (Lipinski definition) is 2. The van der Waals surface area contributed by atoms with Crippen LogP contribution in [0.1, 0.15) is 21.8 Å². The van der Waals surface area contributed by atoms with Crippen LogP contribution in [-0.2, 0) is 13.1 Å². The maximum absolute atomic E-state index is 12.8. The lowest BCUT2D eigenvalue weighted by Crippen LogP contribution is -2.25. The highest BCUT2D eigenvalue weighted by Crippen LogP contribution is 2.12. The van der Waals surface area contributed by atoms with E-state index in [0.717, 1.165) is 5.69 Å². The van der Waals surface area contributed by atoms with Gasteiger partial charge in [0.1, 0.15) is 5.76 Å². The number of nitrogens with zero attached hydrogens (tertiary/aromatic N) is 2. The first kappa shape index (κ1) is 17.9. The monoisotopic (exact) mass is 392 g/mol. The van der Waals surface area contributed by atoms with E-state index in [1.807, 2.05) is 18.2 Å². The predicted molar refractivity (Wildman–Crippen MR) is 107 cm³/mol. The zero-order valence-corrected chi connectivity index (χ0v) is 15.5. The van der Waals surface area contributed by atoms with Crippen molar-refractivity contribution in [3.63, 3.8) is 0 Å². The number of pyridine rings is 1. The first-order valence-electron chi connectivity index (χ1n) is 8.59. The third-order valence-electron chi connectivity index (χ3n) is 4.29. The molecule has 0 aliphatic heterocycles. The Morgan fingerprint density at radius 1 is 1.21 bits per heavy atom. The van der Waals surface area contributed by atoms with Gasteiger partial charge in [-0.25, -0.2) is 0 Å². The second-order valence-electron chi connectivity index (χ2n) is 6.16. The number of nitrogens with one attached hydrogen (secondary N) is 2. The number of carbonyl (C=O) groups is 1. The van der Waals surface area contributed by atoms with Crippen molar-refractivity contribution in [2.75, 3.05) is 0 Å². The minimum absolute atomic E-state index is 0.240. The van der Waals surface area contributed by atoms with Gasteiger partial charge < -0.3 is 14.7 Å². The van der Waals surface area contributed by atoms with Crippen molar-refractivity contribution >= 4 is 29.0 Å². The van der Waals surface area contributed by atoms with Crippen molar-refractivity contribution in [3.05, 3.63) is 93.1 Å². The van der Waals surface area contributed by atoms with Gasteiger partial charge in [0.25, 0.3) is 11.5 Å². The summed E-state index contributed by atoms with van der Waals surface area (Å²) in [6.45, 7) is 0.557. The summed E-state index contributed by atoms with van der Waals surface area (Å²) in [5.41, 5.74) is 1.46. The van der Waals surface area contributed by atoms with Gasteiger partial charge in [0.2, 0.25) is 0 Å². The summed E-state index contributed by atoms with van der Waals surface area (Å²) in [5.74, 6) is 0.373. The Kier molecular flexibility index (Phi) is 4.86. The molecule has 3 aromatic heterocycles. The van der Waals surface area contributed by atoms with E-state index in [-0.39, 0.29) is 22.8 Å². The zero-order chi connectivity index (χ0) is 19.5. The van der Waals surface area contributed by atoms with Crippen molar-refractivity contribution in [1.82, 2.24) is 19.9 Å². The fraction of sp³-hybridized carbons (Fsp3) is 0.100. The van der Waals surface area contributed by atoms with E-state index in [9.17, 15) is 9.59 Å². The molecular formula is C20H16N4O3S. The highest BCUT2D eigenvalue weighted by Gasteiger charge is 2.11. The van der Waals surface area contributed by atoms with Gasteiger partial charge in [-0.15, -0.1) is 0 Å². The van der Waals surface area contributed by atoms with Gasteiger partial charge >= 0.3 is 0 Å². The average molecular weight is 392 g/mol. The molecule has 0 bridgehead atoms. The van der Waals surface area contributed by atoms with Crippen LogP contribution in [-0.4, -0.2) is 20.4 Å². The van der Waals surface area contributed by atoms with Crippen LogP contribution >= 0.6 is 12.2 Å². The van der Waals surface area contributed by atoms with Crippen molar-refractivity contribution in [2.45, 2.75) is 13.1 Å². The Hall–Kier alpha value is -3.52. The highest BCUT2D eigenvalue weighted by molar-refractivity contribution is 7.71. The molecule has 2 N–H and O–H groups in total. The molecule has 0 saturated carbocycles. The van der Waals surface area contributed by atoms with E-state index >= 15 is 0 Å². The maximum atomic E-state index is 12.8. The lowest BCUT2D eigenvalue weighted by Gasteiger charge is -2.09. The molecule has 8 heteroatoms. The minimum Gasteiger partial charge on any atom is -0.467 e. The fourth-order valence-electron chi connectivity index (χ4n) is 2.87. The van der Waals surface area contributed by atoms with Crippen LogP contribution in [0.4, 0.5) is 0 Å². The molecular weight excluding hydrogens is 376 g/mol. The first-order valence-corrected chi connectivity index (χ1v) is 9.00. The van der Waals surface area contributed by atoms with Gasteiger partial charge in [-0.2, -0.15) is 0 Å². The van der Waals surface area contributed by atoms with Crippen LogP contribution in [0.5, 0.6) is 0 Å². The number of hydrogen-bond acceptors (Lipinski definition) is 5. The topological polar surface area (TPSA) is 92.9 Å². The molecule has 4 rings (SSSR count). The van der Waals surface area contributed by atoms with Crippen molar-refractivity contribution < 1.29 is 9.21 Å². The molecule has 0 atom stereocenters. The summed E-state index contributed by atoms with van der Waals surface area (Å²) < 4.78 is 6.99. The Balaban J connectivity index is 1.61. The molecule has 0 aliphatic carbocycles. The summed E-state index contributed by atoms with van der Waals surface area (Å²) in [6, 6.07) is 13.9. The number of fused-ring (bicyclic) bond motifs is 1. The van der Waals surface area contributed by atoms with Crippen molar-refractivity contribution in [3.8, 4) is 0 Å². The smallest absolute Gasteiger partial charge is 0.262 e. The second kappa shape index (κ2) is 7.61. The van der Waals surface area contributed by atoms with Gasteiger partial charge in [-0.1, -0.05) is 6.07 Å². The number of benzene rings is 1. The van der Waals surface area contributed by atoms with E-state index in [1.54, 1.807) is 42.8 Å². The van der Waals surface area contributed by atoms with Crippen LogP contribution in [0.2, 0.25) is 0 Å². The third-order valence-corrected chi connectivity index (χ3v) is 4.62. The number of amides is 1. The summed E-state index contributed by atoms with van der Waals surface area (Å²) in [6.07, 6.45) is 3.22. The molecule has 0 unspecified atom stereocenters. The third kappa shape index (κ3) is 3.63.